The molecule has 0 bridgehead atoms. The second kappa shape index (κ2) is 5.46. The third-order valence-corrected chi connectivity index (χ3v) is 3.10. The van der Waals surface area contributed by atoms with Gasteiger partial charge in [0.25, 0.3) is 0 Å². The molecular formula is C11H11N5S. The Bertz CT molecular complexity index is 516. The number of tetrazole rings is 1. The van der Waals surface area contributed by atoms with E-state index in [1.165, 1.54) is 11.8 Å². The summed E-state index contributed by atoms with van der Waals surface area (Å²) in [5.74, 6) is 0. The Morgan fingerprint density at radius 2 is 2.18 bits per heavy atom. The minimum absolute atomic E-state index is 0.157. The van der Waals surface area contributed by atoms with Crippen LogP contribution >= 0.6 is 11.8 Å². The quantitative estimate of drug-likeness (QED) is 0.767. The Kier molecular flexibility index (Phi) is 3.73. The van der Waals surface area contributed by atoms with Gasteiger partial charge in [-0.05, 0) is 22.9 Å². The third kappa shape index (κ3) is 3.04. The number of hydrogen-bond donors (Lipinski definition) is 0. The van der Waals surface area contributed by atoms with Crippen LogP contribution < -0.4 is 0 Å². The maximum Gasteiger partial charge on any atom is 0.210 e. The molecule has 17 heavy (non-hydrogen) atoms. The molecule has 2 rings (SSSR count). The summed E-state index contributed by atoms with van der Waals surface area (Å²) in [4.78, 5) is 0. The van der Waals surface area contributed by atoms with Gasteiger partial charge in [0.05, 0.1) is 17.9 Å². The van der Waals surface area contributed by atoms with Gasteiger partial charge in [0.15, 0.2) is 0 Å². The summed E-state index contributed by atoms with van der Waals surface area (Å²) in [5, 5.41) is 20.8. The molecular weight excluding hydrogens is 234 g/mol. The van der Waals surface area contributed by atoms with E-state index in [4.69, 9.17) is 5.26 Å². The molecule has 6 heteroatoms. The Balaban J connectivity index is 2.12. The lowest BCUT2D eigenvalue weighted by molar-refractivity contribution is 0.602. The van der Waals surface area contributed by atoms with E-state index in [1.54, 1.807) is 4.68 Å². The zero-order valence-electron chi connectivity index (χ0n) is 9.32. The average molecular weight is 245 g/mol. The summed E-state index contributed by atoms with van der Waals surface area (Å²) in [6.07, 6.45) is 0. The third-order valence-electron chi connectivity index (χ3n) is 2.14. The van der Waals surface area contributed by atoms with Gasteiger partial charge in [0, 0.05) is 0 Å². The lowest BCUT2D eigenvalue weighted by Gasteiger charge is -2.04. The second-order valence-electron chi connectivity index (χ2n) is 3.49. The first-order valence-electron chi connectivity index (χ1n) is 5.16. The molecule has 1 atom stereocenters. The van der Waals surface area contributed by atoms with Gasteiger partial charge >= 0.3 is 0 Å². The number of aromatic nitrogens is 4. The van der Waals surface area contributed by atoms with Crippen LogP contribution in [0.2, 0.25) is 0 Å². The van der Waals surface area contributed by atoms with E-state index in [-0.39, 0.29) is 5.25 Å². The van der Waals surface area contributed by atoms with Crippen LogP contribution in [0.4, 0.5) is 0 Å². The zero-order chi connectivity index (χ0) is 12.1. The average Bonchev–Trinajstić information content (AvgIpc) is 2.78. The van der Waals surface area contributed by atoms with Gasteiger partial charge in [-0.25, -0.2) is 4.68 Å². The van der Waals surface area contributed by atoms with Crippen molar-refractivity contribution in [3.8, 4) is 6.07 Å². The van der Waals surface area contributed by atoms with Crippen LogP contribution in [-0.2, 0) is 6.54 Å². The fraction of sp³-hybridized carbons (Fsp3) is 0.273. The molecule has 1 aromatic carbocycles. The monoisotopic (exact) mass is 245 g/mol. The van der Waals surface area contributed by atoms with Gasteiger partial charge < -0.3 is 0 Å². The molecule has 0 amide bonds. The highest BCUT2D eigenvalue weighted by Gasteiger charge is 2.11. The van der Waals surface area contributed by atoms with Crippen molar-refractivity contribution < 1.29 is 0 Å². The van der Waals surface area contributed by atoms with Crippen LogP contribution in [0, 0.1) is 11.3 Å². The van der Waals surface area contributed by atoms with Crippen molar-refractivity contribution >= 4 is 11.8 Å². The number of benzene rings is 1. The fourth-order valence-electron chi connectivity index (χ4n) is 1.32. The molecule has 0 saturated carbocycles. The minimum atomic E-state index is -0.157. The maximum absolute atomic E-state index is 8.77. The first-order valence-corrected chi connectivity index (χ1v) is 6.04. The van der Waals surface area contributed by atoms with Gasteiger partial charge in [-0.1, -0.05) is 42.1 Å². The van der Waals surface area contributed by atoms with E-state index >= 15 is 0 Å². The van der Waals surface area contributed by atoms with Crippen LogP contribution in [0.1, 0.15) is 12.5 Å². The highest BCUT2D eigenvalue weighted by atomic mass is 32.2. The van der Waals surface area contributed by atoms with Gasteiger partial charge in [-0.3, -0.25) is 0 Å². The van der Waals surface area contributed by atoms with Crippen molar-refractivity contribution in [1.29, 1.82) is 5.26 Å². The summed E-state index contributed by atoms with van der Waals surface area (Å²) in [7, 11) is 0. The van der Waals surface area contributed by atoms with Gasteiger partial charge in [-0.15, -0.1) is 5.10 Å². The predicted octanol–water partition coefficient (Wildman–Crippen LogP) is 1.73. The van der Waals surface area contributed by atoms with E-state index < -0.39 is 0 Å². The lowest BCUT2D eigenvalue weighted by atomic mass is 10.2. The van der Waals surface area contributed by atoms with Gasteiger partial charge in [0.2, 0.25) is 5.16 Å². The van der Waals surface area contributed by atoms with Crippen LogP contribution in [-0.4, -0.2) is 25.5 Å². The van der Waals surface area contributed by atoms with E-state index in [0.29, 0.717) is 11.7 Å². The number of rotatable bonds is 4. The molecule has 1 heterocycles. The second-order valence-corrected chi connectivity index (χ2v) is 4.80. The molecule has 86 valence electrons. The van der Waals surface area contributed by atoms with Crippen molar-refractivity contribution in [3.63, 3.8) is 0 Å². The maximum atomic E-state index is 8.77. The van der Waals surface area contributed by atoms with Crippen molar-refractivity contribution in [2.45, 2.75) is 23.9 Å². The van der Waals surface area contributed by atoms with E-state index in [0.717, 1.165) is 5.56 Å². The van der Waals surface area contributed by atoms with Crippen molar-refractivity contribution in [2.75, 3.05) is 0 Å². The van der Waals surface area contributed by atoms with E-state index in [2.05, 4.69) is 21.6 Å². The molecule has 0 aliphatic rings. The highest BCUT2D eigenvalue weighted by Crippen LogP contribution is 2.19. The largest absolute Gasteiger partial charge is 0.216 e. The zero-order valence-corrected chi connectivity index (χ0v) is 10.1. The number of nitrogens with zero attached hydrogens (tertiary/aromatic N) is 5. The van der Waals surface area contributed by atoms with Crippen molar-refractivity contribution in [3.05, 3.63) is 35.9 Å². The summed E-state index contributed by atoms with van der Waals surface area (Å²) >= 11 is 1.36. The normalized spacial score (nSPS) is 12.0. The van der Waals surface area contributed by atoms with Crippen LogP contribution in [0.3, 0.4) is 0 Å². The smallest absolute Gasteiger partial charge is 0.210 e. The van der Waals surface area contributed by atoms with Crippen molar-refractivity contribution in [1.82, 2.24) is 20.2 Å². The topological polar surface area (TPSA) is 67.4 Å². The predicted molar refractivity (Wildman–Crippen MR) is 64.3 cm³/mol. The first kappa shape index (κ1) is 11.6. The molecule has 0 aliphatic carbocycles. The standard InChI is InChI=1S/C11H11N5S/c1-9(7-12)17-11-13-14-15-16(11)8-10-5-3-2-4-6-10/h2-6,9H,8H2,1H3. The Morgan fingerprint density at radius 3 is 2.88 bits per heavy atom. The minimum Gasteiger partial charge on any atom is -0.216 e. The summed E-state index contributed by atoms with van der Waals surface area (Å²) in [5.41, 5.74) is 1.13. The Labute approximate surface area is 103 Å². The summed E-state index contributed by atoms with van der Waals surface area (Å²) < 4.78 is 1.70. The lowest BCUT2D eigenvalue weighted by Crippen LogP contribution is -2.05. The molecule has 0 N–H and O–H groups in total. The molecule has 5 nitrogen and oxygen atoms in total. The molecule has 0 spiro atoms. The number of hydrogen-bond acceptors (Lipinski definition) is 5. The van der Waals surface area contributed by atoms with E-state index in [1.807, 2.05) is 37.3 Å². The van der Waals surface area contributed by atoms with E-state index in [9.17, 15) is 0 Å². The molecule has 1 unspecified atom stereocenters. The van der Waals surface area contributed by atoms with Crippen molar-refractivity contribution in [2.24, 2.45) is 0 Å². The van der Waals surface area contributed by atoms with Gasteiger partial charge in [0.1, 0.15) is 0 Å². The fourth-order valence-corrected chi connectivity index (χ4v) is 2.00. The van der Waals surface area contributed by atoms with Crippen LogP contribution in [0.5, 0.6) is 0 Å². The number of nitriles is 1. The summed E-state index contributed by atoms with van der Waals surface area (Å²) in [6.45, 7) is 2.44. The van der Waals surface area contributed by atoms with Crippen LogP contribution in [0.25, 0.3) is 0 Å². The number of thioether (sulfide) groups is 1. The van der Waals surface area contributed by atoms with Gasteiger partial charge in [-0.2, -0.15) is 5.26 Å². The molecule has 0 aliphatic heterocycles. The Hall–Kier alpha value is -1.87. The molecule has 2 aromatic rings. The highest BCUT2D eigenvalue weighted by molar-refractivity contribution is 8.00. The first-order chi connectivity index (χ1) is 8.29. The SMILES string of the molecule is CC(C#N)Sc1nnnn1Cc1ccccc1. The van der Waals surface area contributed by atoms with Crippen LogP contribution in [0.15, 0.2) is 35.5 Å². The molecule has 0 saturated heterocycles. The molecule has 1 aromatic heterocycles. The Morgan fingerprint density at radius 1 is 1.41 bits per heavy atom. The summed E-state index contributed by atoms with van der Waals surface area (Å²) in [6, 6.07) is 12.1. The molecule has 0 radical (unpaired) electrons. The molecule has 0 fully saturated rings.